The molecule has 0 spiro atoms. The van der Waals surface area contributed by atoms with Crippen LogP contribution in [0.4, 0.5) is 4.79 Å². The highest BCUT2D eigenvalue weighted by Gasteiger charge is 2.36. The van der Waals surface area contributed by atoms with E-state index in [2.05, 4.69) is 0 Å². The lowest BCUT2D eigenvalue weighted by molar-refractivity contribution is -0.140. The van der Waals surface area contributed by atoms with Gasteiger partial charge in [-0.1, -0.05) is 0 Å². The van der Waals surface area contributed by atoms with Gasteiger partial charge in [0, 0.05) is 12.8 Å². The van der Waals surface area contributed by atoms with E-state index in [9.17, 15) is 14.7 Å². The molecule has 0 saturated carbocycles. The summed E-state index contributed by atoms with van der Waals surface area (Å²) in [6.07, 6.45) is 0. The van der Waals surface area contributed by atoms with E-state index in [1.165, 1.54) is 21.6 Å². The summed E-state index contributed by atoms with van der Waals surface area (Å²) in [7, 11) is 1.56. The molecule has 98 valence electrons. The molecule has 1 rings (SSSR count). The van der Waals surface area contributed by atoms with E-state index >= 15 is 0 Å². The number of aliphatic hydroxyl groups is 1. The van der Waals surface area contributed by atoms with Gasteiger partial charge in [-0.15, -0.1) is 11.8 Å². The number of carboxylic acids is 1. The number of amides is 2. The predicted octanol–water partition coefficient (Wildman–Crippen LogP) is 0.269. The van der Waals surface area contributed by atoms with Crippen LogP contribution in [-0.4, -0.2) is 68.9 Å². The number of urea groups is 1. The van der Waals surface area contributed by atoms with Gasteiger partial charge in [0.15, 0.2) is 0 Å². The van der Waals surface area contributed by atoms with E-state index in [-0.39, 0.29) is 12.6 Å². The van der Waals surface area contributed by atoms with Crippen LogP contribution in [0.3, 0.4) is 0 Å². The lowest BCUT2D eigenvalue weighted by Crippen LogP contribution is -2.50. The summed E-state index contributed by atoms with van der Waals surface area (Å²) in [6, 6.07) is -1.12. The third-order valence-corrected chi connectivity index (χ3v) is 3.38. The summed E-state index contributed by atoms with van der Waals surface area (Å²) in [5.41, 5.74) is -0.990. The first-order valence-electron chi connectivity index (χ1n) is 5.27. The zero-order chi connectivity index (χ0) is 13.2. The number of hydrogen-bond donors (Lipinski definition) is 2. The van der Waals surface area contributed by atoms with Gasteiger partial charge in [-0.3, -0.25) is 0 Å². The lowest BCUT2D eigenvalue weighted by Gasteiger charge is -2.30. The predicted molar refractivity (Wildman–Crippen MR) is 64.9 cm³/mol. The molecule has 0 aromatic rings. The summed E-state index contributed by atoms with van der Waals surface area (Å²) in [6.45, 7) is 3.37. The smallest absolute Gasteiger partial charge is 0.327 e. The molecular formula is C10H18N2O4S. The Kier molecular flexibility index (Phi) is 4.26. The number of carbonyl (C=O) groups excluding carboxylic acids is 1. The molecule has 0 aromatic carbocycles. The van der Waals surface area contributed by atoms with Crippen LogP contribution in [-0.2, 0) is 4.79 Å². The van der Waals surface area contributed by atoms with Gasteiger partial charge in [0.2, 0.25) is 0 Å². The van der Waals surface area contributed by atoms with E-state index in [0.29, 0.717) is 11.6 Å². The fourth-order valence-corrected chi connectivity index (χ4v) is 2.84. The number of aliphatic carboxylic acids is 1. The molecule has 6 nitrogen and oxygen atoms in total. The normalized spacial score (nSPS) is 20.5. The Morgan fingerprint density at radius 3 is 2.59 bits per heavy atom. The molecule has 0 bridgehead atoms. The maximum atomic E-state index is 12.0. The van der Waals surface area contributed by atoms with Gasteiger partial charge in [0.05, 0.1) is 18.0 Å². The van der Waals surface area contributed by atoms with Crippen molar-refractivity contribution in [1.82, 2.24) is 9.80 Å². The van der Waals surface area contributed by atoms with Crippen molar-refractivity contribution in [3.8, 4) is 0 Å². The molecule has 2 amide bonds. The molecule has 0 aliphatic carbocycles. The molecule has 1 fully saturated rings. The third kappa shape index (κ3) is 3.78. The number of rotatable bonds is 3. The third-order valence-electron chi connectivity index (χ3n) is 2.36. The number of likely N-dealkylation sites (N-methyl/N-ethyl adjacent to an activating group) is 1. The Hall–Kier alpha value is -0.950. The maximum Gasteiger partial charge on any atom is 0.327 e. The van der Waals surface area contributed by atoms with E-state index in [0.717, 1.165) is 0 Å². The van der Waals surface area contributed by atoms with Crippen molar-refractivity contribution in [2.75, 3.05) is 25.2 Å². The molecule has 0 radical (unpaired) electrons. The topological polar surface area (TPSA) is 81.1 Å². The van der Waals surface area contributed by atoms with Crippen LogP contribution >= 0.6 is 11.8 Å². The average molecular weight is 262 g/mol. The molecule has 7 heteroatoms. The molecule has 1 aliphatic rings. The van der Waals surface area contributed by atoms with E-state index in [4.69, 9.17) is 5.11 Å². The van der Waals surface area contributed by atoms with Crippen LogP contribution in [0.5, 0.6) is 0 Å². The van der Waals surface area contributed by atoms with Gasteiger partial charge >= 0.3 is 12.0 Å². The van der Waals surface area contributed by atoms with Crippen molar-refractivity contribution in [3.63, 3.8) is 0 Å². The highest BCUT2D eigenvalue weighted by atomic mass is 32.2. The number of nitrogens with zero attached hydrogens (tertiary/aromatic N) is 2. The van der Waals surface area contributed by atoms with Gasteiger partial charge in [-0.25, -0.2) is 9.59 Å². The molecule has 1 aliphatic heterocycles. The minimum Gasteiger partial charge on any atom is -0.480 e. The lowest BCUT2D eigenvalue weighted by atomic mass is 10.1. The number of carbonyl (C=O) groups is 2. The van der Waals surface area contributed by atoms with Crippen LogP contribution in [0.2, 0.25) is 0 Å². The van der Waals surface area contributed by atoms with Crippen LogP contribution in [0.25, 0.3) is 0 Å². The Morgan fingerprint density at radius 1 is 1.53 bits per heavy atom. The summed E-state index contributed by atoms with van der Waals surface area (Å²) in [5.74, 6) is -0.191. The van der Waals surface area contributed by atoms with Gasteiger partial charge < -0.3 is 20.0 Å². The second-order valence-corrected chi connectivity index (χ2v) is 5.77. The molecule has 1 atom stereocenters. The van der Waals surface area contributed by atoms with E-state index in [1.807, 2.05) is 0 Å². The molecule has 1 unspecified atom stereocenters. The van der Waals surface area contributed by atoms with Crippen molar-refractivity contribution in [2.45, 2.75) is 25.5 Å². The minimum absolute atomic E-state index is 0.166. The molecule has 1 saturated heterocycles. The second-order valence-electron chi connectivity index (χ2n) is 4.77. The molecule has 0 aromatic heterocycles. The van der Waals surface area contributed by atoms with Crippen molar-refractivity contribution in [3.05, 3.63) is 0 Å². The second kappa shape index (κ2) is 5.14. The van der Waals surface area contributed by atoms with E-state index in [1.54, 1.807) is 20.9 Å². The number of hydrogen-bond acceptors (Lipinski definition) is 4. The number of carboxylic acid groups (broad SMARTS) is 1. The zero-order valence-corrected chi connectivity index (χ0v) is 11.0. The van der Waals surface area contributed by atoms with Crippen molar-refractivity contribution in [2.24, 2.45) is 0 Å². The van der Waals surface area contributed by atoms with Gasteiger partial charge in [-0.2, -0.15) is 0 Å². The Bertz CT molecular complexity index is 316. The number of thioether (sulfide) groups is 1. The SMILES string of the molecule is CN(CC(C)(C)O)C(=O)N1CSCC1C(=O)O. The Morgan fingerprint density at radius 2 is 2.12 bits per heavy atom. The summed E-state index contributed by atoms with van der Waals surface area (Å²) in [5, 5.41) is 18.6. The first-order chi connectivity index (χ1) is 7.72. The van der Waals surface area contributed by atoms with Crippen LogP contribution in [0, 0.1) is 0 Å². The highest BCUT2D eigenvalue weighted by Crippen LogP contribution is 2.22. The zero-order valence-electron chi connectivity index (χ0n) is 10.2. The maximum absolute atomic E-state index is 12.0. The monoisotopic (exact) mass is 262 g/mol. The van der Waals surface area contributed by atoms with E-state index < -0.39 is 17.6 Å². The van der Waals surface area contributed by atoms with Crippen LogP contribution < -0.4 is 0 Å². The average Bonchev–Trinajstić information content (AvgIpc) is 2.61. The molecule has 17 heavy (non-hydrogen) atoms. The summed E-state index contributed by atoms with van der Waals surface area (Å²) < 4.78 is 0. The van der Waals surface area contributed by atoms with Gasteiger partial charge in [0.1, 0.15) is 6.04 Å². The Labute approximate surface area is 105 Å². The fourth-order valence-electron chi connectivity index (χ4n) is 1.70. The van der Waals surface area contributed by atoms with Gasteiger partial charge in [-0.05, 0) is 13.8 Å². The minimum atomic E-state index is -0.990. The summed E-state index contributed by atoms with van der Waals surface area (Å²) in [4.78, 5) is 25.6. The van der Waals surface area contributed by atoms with Crippen LogP contribution in [0.1, 0.15) is 13.8 Å². The Balaban J connectivity index is 2.66. The molecule has 1 heterocycles. The summed E-state index contributed by atoms with van der Waals surface area (Å²) >= 11 is 1.42. The highest BCUT2D eigenvalue weighted by molar-refractivity contribution is 7.99. The fraction of sp³-hybridized carbons (Fsp3) is 0.800. The molecular weight excluding hydrogens is 244 g/mol. The quantitative estimate of drug-likeness (QED) is 0.763. The van der Waals surface area contributed by atoms with Gasteiger partial charge in [0.25, 0.3) is 0 Å². The first kappa shape index (κ1) is 14.1. The van der Waals surface area contributed by atoms with Crippen molar-refractivity contribution >= 4 is 23.8 Å². The standard InChI is InChI=1S/C10H18N2O4S/c1-10(2,16)5-11(3)9(15)12-6-17-4-7(12)8(13)14/h7,16H,4-6H2,1-3H3,(H,13,14). The van der Waals surface area contributed by atoms with Crippen molar-refractivity contribution in [1.29, 1.82) is 0 Å². The molecule has 2 N–H and O–H groups in total. The first-order valence-corrected chi connectivity index (χ1v) is 6.42. The largest absolute Gasteiger partial charge is 0.480 e. The van der Waals surface area contributed by atoms with Crippen LogP contribution in [0.15, 0.2) is 0 Å². The van der Waals surface area contributed by atoms with Crippen molar-refractivity contribution < 1.29 is 19.8 Å².